The fourth-order valence-electron chi connectivity index (χ4n) is 1.41. The van der Waals surface area contributed by atoms with Crippen molar-refractivity contribution in [1.82, 2.24) is 9.97 Å². The lowest BCUT2D eigenvalue weighted by atomic mass is 10.3. The maximum absolute atomic E-state index is 5.70. The molecule has 6 nitrogen and oxygen atoms in total. The van der Waals surface area contributed by atoms with Crippen molar-refractivity contribution in [2.24, 2.45) is 0 Å². The van der Waals surface area contributed by atoms with E-state index in [1.165, 1.54) is 11.8 Å². The number of nitrogens with one attached hydrogen (secondary N) is 1. The van der Waals surface area contributed by atoms with Gasteiger partial charge in [0.15, 0.2) is 5.16 Å². The second-order valence-corrected chi connectivity index (χ2v) is 4.68. The summed E-state index contributed by atoms with van der Waals surface area (Å²) in [4.78, 5) is 8.42. The van der Waals surface area contributed by atoms with Gasteiger partial charge in [0.25, 0.3) is 0 Å². The number of aromatic nitrogens is 2. The molecule has 1 heterocycles. The Morgan fingerprint density at radius 3 is 2.84 bits per heavy atom. The number of anilines is 2. The molecular formula is C12H22N4O2S. The summed E-state index contributed by atoms with van der Waals surface area (Å²) >= 11 is 1.48. The van der Waals surface area contributed by atoms with E-state index in [-0.39, 0.29) is 0 Å². The van der Waals surface area contributed by atoms with Crippen LogP contribution in [0.3, 0.4) is 0 Å². The Hall–Kier alpha value is -1.05. The van der Waals surface area contributed by atoms with Crippen molar-refractivity contribution in [3.8, 4) is 0 Å². The molecule has 0 atom stereocenters. The van der Waals surface area contributed by atoms with Gasteiger partial charge in [-0.2, -0.15) is 0 Å². The van der Waals surface area contributed by atoms with Gasteiger partial charge in [-0.25, -0.2) is 9.97 Å². The highest BCUT2D eigenvalue weighted by molar-refractivity contribution is 7.98. The molecule has 1 rings (SSSR count). The van der Waals surface area contributed by atoms with Crippen LogP contribution in [0.4, 0.5) is 11.6 Å². The summed E-state index contributed by atoms with van der Waals surface area (Å²) in [5, 5.41) is 3.92. The van der Waals surface area contributed by atoms with Crippen LogP contribution in [0.15, 0.2) is 11.2 Å². The van der Waals surface area contributed by atoms with Crippen molar-refractivity contribution < 1.29 is 9.47 Å². The molecule has 1 aromatic heterocycles. The molecule has 0 radical (unpaired) electrons. The van der Waals surface area contributed by atoms with Crippen molar-refractivity contribution >= 4 is 23.4 Å². The standard InChI is InChI=1S/C12H22N4O2S/c1-17-7-8-18-6-4-3-5-14-11-9-10(13)15-12(16-11)19-2/h9H,3-8H2,1-2H3,(H3,13,14,15,16). The van der Waals surface area contributed by atoms with Crippen LogP contribution in [0.5, 0.6) is 0 Å². The first-order valence-electron chi connectivity index (χ1n) is 6.25. The first kappa shape index (κ1) is 16.0. The highest BCUT2D eigenvalue weighted by atomic mass is 32.2. The van der Waals surface area contributed by atoms with Gasteiger partial charge in [0.2, 0.25) is 0 Å². The van der Waals surface area contributed by atoms with E-state index in [0.717, 1.165) is 31.8 Å². The average molecular weight is 286 g/mol. The summed E-state index contributed by atoms with van der Waals surface area (Å²) in [6, 6.07) is 1.74. The third kappa shape index (κ3) is 7.19. The van der Waals surface area contributed by atoms with E-state index in [4.69, 9.17) is 15.2 Å². The zero-order valence-corrected chi connectivity index (χ0v) is 12.3. The normalized spacial score (nSPS) is 10.6. The molecule has 0 spiro atoms. The number of thioether (sulfide) groups is 1. The third-order valence-corrected chi connectivity index (χ3v) is 2.91. The van der Waals surface area contributed by atoms with E-state index < -0.39 is 0 Å². The topological polar surface area (TPSA) is 82.3 Å². The molecule has 0 unspecified atom stereocenters. The van der Waals surface area contributed by atoms with Crippen molar-refractivity contribution in [2.75, 3.05) is 50.8 Å². The van der Waals surface area contributed by atoms with Crippen LogP contribution in [-0.4, -0.2) is 49.7 Å². The third-order valence-electron chi connectivity index (χ3n) is 2.36. The predicted octanol–water partition coefficient (Wildman–Crippen LogP) is 1.64. The van der Waals surface area contributed by atoms with Crippen LogP contribution < -0.4 is 11.1 Å². The summed E-state index contributed by atoms with van der Waals surface area (Å²) in [5.74, 6) is 1.27. The van der Waals surface area contributed by atoms with Crippen LogP contribution >= 0.6 is 11.8 Å². The fourth-order valence-corrected chi connectivity index (χ4v) is 1.80. The zero-order valence-electron chi connectivity index (χ0n) is 11.5. The molecule has 0 aliphatic carbocycles. The molecule has 7 heteroatoms. The molecule has 1 aromatic rings. The summed E-state index contributed by atoms with van der Waals surface area (Å²) in [5.41, 5.74) is 5.70. The lowest BCUT2D eigenvalue weighted by molar-refractivity contribution is 0.0691. The fraction of sp³-hybridized carbons (Fsp3) is 0.667. The lowest BCUT2D eigenvalue weighted by Gasteiger charge is -2.07. The number of hydrogen-bond acceptors (Lipinski definition) is 7. The minimum atomic E-state index is 0.491. The molecule has 108 valence electrons. The summed E-state index contributed by atoms with van der Waals surface area (Å²) in [7, 11) is 1.67. The van der Waals surface area contributed by atoms with Crippen LogP contribution in [0.25, 0.3) is 0 Å². The second-order valence-electron chi connectivity index (χ2n) is 3.90. The SMILES string of the molecule is COCCOCCCCNc1cc(N)nc(SC)n1. The van der Waals surface area contributed by atoms with E-state index in [1.807, 2.05) is 6.26 Å². The lowest BCUT2D eigenvalue weighted by Crippen LogP contribution is -2.08. The number of nitrogens with zero attached hydrogens (tertiary/aromatic N) is 2. The van der Waals surface area contributed by atoms with Crippen molar-refractivity contribution in [1.29, 1.82) is 0 Å². The molecule has 0 aromatic carbocycles. The molecule has 0 aliphatic heterocycles. The van der Waals surface area contributed by atoms with E-state index in [1.54, 1.807) is 13.2 Å². The van der Waals surface area contributed by atoms with Crippen molar-refractivity contribution in [3.63, 3.8) is 0 Å². The predicted molar refractivity (Wildman–Crippen MR) is 78.6 cm³/mol. The quantitative estimate of drug-likeness (QED) is 0.384. The number of nitrogen functional groups attached to an aromatic ring is 1. The molecule has 0 aliphatic rings. The van der Waals surface area contributed by atoms with E-state index in [2.05, 4.69) is 15.3 Å². The Bertz CT molecular complexity index is 366. The Morgan fingerprint density at radius 2 is 2.11 bits per heavy atom. The van der Waals surface area contributed by atoms with Crippen molar-refractivity contribution in [3.05, 3.63) is 6.07 Å². The number of ether oxygens (including phenoxy) is 2. The Morgan fingerprint density at radius 1 is 1.26 bits per heavy atom. The van der Waals surface area contributed by atoms with Gasteiger partial charge in [0.1, 0.15) is 11.6 Å². The van der Waals surface area contributed by atoms with Gasteiger partial charge in [0.05, 0.1) is 13.2 Å². The van der Waals surface area contributed by atoms with E-state index in [0.29, 0.717) is 24.2 Å². The minimum Gasteiger partial charge on any atom is -0.383 e. The van der Waals surface area contributed by atoms with Gasteiger partial charge >= 0.3 is 0 Å². The molecule has 0 bridgehead atoms. The number of methoxy groups -OCH3 is 1. The number of hydrogen-bond donors (Lipinski definition) is 2. The minimum absolute atomic E-state index is 0.491. The van der Waals surface area contributed by atoms with Gasteiger partial charge in [-0.3, -0.25) is 0 Å². The van der Waals surface area contributed by atoms with Crippen LogP contribution in [0.1, 0.15) is 12.8 Å². The molecular weight excluding hydrogens is 264 g/mol. The maximum atomic E-state index is 5.70. The molecule has 0 amide bonds. The van der Waals surface area contributed by atoms with Crippen LogP contribution in [-0.2, 0) is 9.47 Å². The van der Waals surface area contributed by atoms with E-state index in [9.17, 15) is 0 Å². The Kier molecular flexibility index (Phi) is 8.28. The van der Waals surface area contributed by atoms with Crippen LogP contribution in [0, 0.1) is 0 Å². The zero-order chi connectivity index (χ0) is 13.9. The van der Waals surface area contributed by atoms with Crippen molar-refractivity contribution in [2.45, 2.75) is 18.0 Å². The Balaban J connectivity index is 2.13. The Labute approximate surface area is 118 Å². The second kappa shape index (κ2) is 9.82. The molecule has 19 heavy (non-hydrogen) atoms. The van der Waals surface area contributed by atoms with Gasteiger partial charge in [-0.05, 0) is 19.1 Å². The molecule has 0 fully saturated rings. The summed E-state index contributed by atoms with van der Waals surface area (Å²) in [6.45, 7) is 2.91. The molecule has 0 saturated heterocycles. The summed E-state index contributed by atoms with van der Waals surface area (Å²) < 4.78 is 10.3. The number of rotatable bonds is 10. The van der Waals surface area contributed by atoms with Gasteiger partial charge < -0.3 is 20.5 Å². The first-order chi connectivity index (χ1) is 9.26. The van der Waals surface area contributed by atoms with Gasteiger partial charge in [-0.15, -0.1) is 0 Å². The van der Waals surface area contributed by atoms with Gasteiger partial charge in [0, 0.05) is 26.3 Å². The number of unbranched alkanes of at least 4 members (excludes halogenated alkanes) is 1. The summed E-state index contributed by atoms with van der Waals surface area (Å²) in [6.07, 6.45) is 3.95. The largest absolute Gasteiger partial charge is 0.383 e. The monoisotopic (exact) mass is 286 g/mol. The number of nitrogens with two attached hydrogens (primary N) is 1. The average Bonchev–Trinajstić information content (AvgIpc) is 2.41. The van der Waals surface area contributed by atoms with Crippen LogP contribution in [0.2, 0.25) is 0 Å². The van der Waals surface area contributed by atoms with Gasteiger partial charge in [-0.1, -0.05) is 11.8 Å². The first-order valence-corrected chi connectivity index (χ1v) is 7.48. The van der Waals surface area contributed by atoms with E-state index >= 15 is 0 Å². The maximum Gasteiger partial charge on any atom is 0.191 e. The molecule has 0 saturated carbocycles. The highest BCUT2D eigenvalue weighted by Gasteiger charge is 2.00. The highest BCUT2D eigenvalue weighted by Crippen LogP contribution is 2.15. The molecule has 3 N–H and O–H groups in total. The smallest absolute Gasteiger partial charge is 0.191 e.